The van der Waals surface area contributed by atoms with Gasteiger partial charge >= 0.3 is 0 Å². The van der Waals surface area contributed by atoms with Crippen molar-refractivity contribution < 1.29 is 4.79 Å². The Balaban J connectivity index is 1.34. The van der Waals surface area contributed by atoms with Gasteiger partial charge in [0.2, 0.25) is 5.91 Å². The molecular formula is C17H18N6O. The van der Waals surface area contributed by atoms with Crippen LogP contribution >= 0.6 is 0 Å². The molecule has 7 heteroatoms. The highest BCUT2D eigenvalue weighted by molar-refractivity contribution is 5.79. The van der Waals surface area contributed by atoms with E-state index in [1.54, 1.807) is 11.0 Å². The molecule has 3 heterocycles. The summed E-state index contributed by atoms with van der Waals surface area (Å²) in [5.41, 5.74) is 3.15. The first-order valence-electron chi connectivity index (χ1n) is 8.00. The summed E-state index contributed by atoms with van der Waals surface area (Å²) in [6.07, 6.45) is 8.47. The minimum Gasteiger partial charge on any atom is -0.352 e. The Hall–Kier alpha value is -2.96. The molecular weight excluding hydrogens is 304 g/mol. The van der Waals surface area contributed by atoms with Gasteiger partial charge in [-0.25, -0.2) is 14.6 Å². The van der Waals surface area contributed by atoms with Crippen molar-refractivity contribution in [3.8, 4) is 5.69 Å². The Morgan fingerprint density at radius 3 is 2.88 bits per heavy atom. The van der Waals surface area contributed by atoms with Crippen LogP contribution in [-0.2, 0) is 24.3 Å². The van der Waals surface area contributed by atoms with E-state index < -0.39 is 0 Å². The summed E-state index contributed by atoms with van der Waals surface area (Å²) in [7, 11) is 0. The fourth-order valence-corrected chi connectivity index (χ4v) is 3.03. The molecule has 122 valence electrons. The molecule has 0 aliphatic carbocycles. The van der Waals surface area contributed by atoms with Crippen molar-refractivity contribution in [2.45, 2.75) is 25.9 Å². The van der Waals surface area contributed by atoms with Gasteiger partial charge in [0.25, 0.3) is 0 Å². The molecule has 1 N–H and O–H groups in total. The van der Waals surface area contributed by atoms with Crippen molar-refractivity contribution in [3.05, 3.63) is 60.7 Å². The number of amides is 1. The average molecular weight is 322 g/mol. The summed E-state index contributed by atoms with van der Waals surface area (Å²) in [4.78, 5) is 20.5. The van der Waals surface area contributed by atoms with Gasteiger partial charge in [-0.1, -0.05) is 12.1 Å². The van der Waals surface area contributed by atoms with E-state index >= 15 is 0 Å². The molecule has 24 heavy (non-hydrogen) atoms. The van der Waals surface area contributed by atoms with E-state index in [-0.39, 0.29) is 11.8 Å². The molecule has 7 nitrogen and oxygen atoms in total. The van der Waals surface area contributed by atoms with Gasteiger partial charge in [0.15, 0.2) is 0 Å². The van der Waals surface area contributed by atoms with Crippen molar-refractivity contribution in [1.82, 2.24) is 29.6 Å². The first-order valence-corrected chi connectivity index (χ1v) is 8.00. The highest BCUT2D eigenvalue weighted by Gasteiger charge is 2.24. The van der Waals surface area contributed by atoms with Crippen LogP contribution in [0.2, 0.25) is 0 Å². The first-order chi connectivity index (χ1) is 11.8. The van der Waals surface area contributed by atoms with Crippen molar-refractivity contribution in [2.75, 3.05) is 0 Å². The lowest BCUT2D eigenvalue weighted by molar-refractivity contribution is -0.125. The van der Waals surface area contributed by atoms with E-state index in [1.165, 1.54) is 6.33 Å². The van der Waals surface area contributed by atoms with Crippen LogP contribution < -0.4 is 5.32 Å². The summed E-state index contributed by atoms with van der Waals surface area (Å²) < 4.78 is 3.82. The Labute approximate surface area is 139 Å². The fourth-order valence-electron chi connectivity index (χ4n) is 3.03. The third-order valence-electron chi connectivity index (χ3n) is 4.43. The molecule has 1 aliphatic heterocycles. The van der Waals surface area contributed by atoms with Crippen molar-refractivity contribution in [2.24, 2.45) is 5.92 Å². The molecule has 0 saturated carbocycles. The molecule has 4 rings (SSSR count). The molecule has 1 aliphatic rings. The number of carbonyl (C=O) groups excluding carboxylic acids is 1. The van der Waals surface area contributed by atoms with Gasteiger partial charge in [0.1, 0.15) is 12.7 Å². The van der Waals surface area contributed by atoms with Crippen LogP contribution in [0, 0.1) is 5.92 Å². The van der Waals surface area contributed by atoms with Gasteiger partial charge in [-0.05, 0) is 24.1 Å². The molecule has 0 fully saturated rings. The fraction of sp³-hybridized carbons (Fsp3) is 0.294. The molecule has 1 aromatic carbocycles. The molecule has 3 aromatic rings. The molecule has 1 unspecified atom stereocenters. The molecule has 0 bridgehead atoms. The van der Waals surface area contributed by atoms with Crippen molar-refractivity contribution in [1.29, 1.82) is 0 Å². The Bertz CT molecular complexity index is 821. The number of imidazole rings is 1. The van der Waals surface area contributed by atoms with E-state index in [1.807, 2.05) is 36.8 Å². The van der Waals surface area contributed by atoms with Crippen LogP contribution in [0.3, 0.4) is 0 Å². The second-order valence-electron chi connectivity index (χ2n) is 5.99. The van der Waals surface area contributed by atoms with Gasteiger partial charge in [0.05, 0.1) is 12.0 Å². The zero-order valence-electron chi connectivity index (χ0n) is 13.2. The van der Waals surface area contributed by atoms with E-state index in [9.17, 15) is 4.79 Å². The van der Waals surface area contributed by atoms with Gasteiger partial charge in [-0.3, -0.25) is 4.79 Å². The molecule has 0 saturated heterocycles. The number of rotatable bonds is 4. The number of hydrogen-bond donors (Lipinski definition) is 1. The Kier molecular flexibility index (Phi) is 3.82. The van der Waals surface area contributed by atoms with Crippen LogP contribution in [0.5, 0.6) is 0 Å². The molecule has 0 radical (unpaired) electrons. The largest absolute Gasteiger partial charge is 0.352 e. The summed E-state index contributed by atoms with van der Waals surface area (Å²) in [5.74, 6) is 0.145. The maximum atomic E-state index is 12.4. The lowest BCUT2D eigenvalue weighted by Crippen LogP contribution is -2.34. The van der Waals surface area contributed by atoms with Gasteiger partial charge < -0.3 is 9.88 Å². The zero-order valence-corrected chi connectivity index (χ0v) is 13.2. The van der Waals surface area contributed by atoms with Crippen molar-refractivity contribution in [3.63, 3.8) is 0 Å². The summed E-state index contributed by atoms with van der Waals surface area (Å²) >= 11 is 0. The number of carbonyl (C=O) groups is 1. The monoisotopic (exact) mass is 322 g/mol. The van der Waals surface area contributed by atoms with Gasteiger partial charge in [-0.2, -0.15) is 5.10 Å². The third-order valence-corrected chi connectivity index (χ3v) is 4.43. The SMILES string of the molecule is O=C(NCc1ccc(-n2cncn2)cc1)C1CCn2cncc2C1. The Morgan fingerprint density at radius 1 is 1.21 bits per heavy atom. The first kappa shape index (κ1) is 14.6. The number of nitrogens with zero attached hydrogens (tertiary/aromatic N) is 5. The summed E-state index contributed by atoms with van der Waals surface area (Å²) in [6, 6.07) is 7.92. The van der Waals surface area contributed by atoms with E-state index in [0.717, 1.165) is 36.3 Å². The van der Waals surface area contributed by atoms with Crippen LogP contribution in [-0.4, -0.2) is 30.2 Å². The standard InChI is InChI=1S/C17H18N6O/c24-17(14-5-6-22-11-18-9-16(22)7-14)20-8-13-1-3-15(4-2-13)23-12-19-10-21-23/h1-4,9-12,14H,5-8H2,(H,20,24). The third kappa shape index (κ3) is 2.92. The topological polar surface area (TPSA) is 77.6 Å². The van der Waals surface area contributed by atoms with E-state index in [0.29, 0.717) is 6.54 Å². The second-order valence-corrected chi connectivity index (χ2v) is 5.99. The van der Waals surface area contributed by atoms with Crippen LogP contribution in [0.1, 0.15) is 17.7 Å². The molecule has 1 atom stereocenters. The molecule has 2 aromatic heterocycles. The summed E-state index contributed by atoms with van der Waals surface area (Å²) in [5, 5.41) is 7.14. The number of fused-ring (bicyclic) bond motifs is 1. The number of aryl methyl sites for hydroxylation is 1. The number of aromatic nitrogens is 5. The second kappa shape index (κ2) is 6.27. The average Bonchev–Trinajstić information content (AvgIpc) is 3.30. The predicted octanol–water partition coefficient (Wildman–Crippen LogP) is 1.34. The number of hydrogen-bond acceptors (Lipinski definition) is 4. The Morgan fingerprint density at radius 2 is 2.08 bits per heavy atom. The van der Waals surface area contributed by atoms with Crippen molar-refractivity contribution >= 4 is 5.91 Å². The van der Waals surface area contributed by atoms with Crippen LogP contribution in [0.15, 0.2) is 49.4 Å². The lowest BCUT2D eigenvalue weighted by Gasteiger charge is -2.23. The molecule has 1 amide bonds. The maximum absolute atomic E-state index is 12.4. The van der Waals surface area contributed by atoms with Gasteiger partial charge in [-0.15, -0.1) is 0 Å². The quantitative estimate of drug-likeness (QED) is 0.786. The highest BCUT2D eigenvalue weighted by Crippen LogP contribution is 2.20. The number of nitrogens with one attached hydrogen (secondary N) is 1. The van der Waals surface area contributed by atoms with Crippen LogP contribution in [0.25, 0.3) is 5.69 Å². The maximum Gasteiger partial charge on any atom is 0.223 e. The van der Waals surface area contributed by atoms with E-state index in [2.05, 4.69) is 25.0 Å². The van der Waals surface area contributed by atoms with Crippen LogP contribution in [0.4, 0.5) is 0 Å². The van der Waals surface area contributed by atoms with Gasteiger partial charge in [0, 0.05) is 37.3 Å². The predicted molar refractivity (Wildman–Crippen MR) is 87.2 cm³/mol. The highest BCUT2D eigenvalue weighted by atomic mass is 16.1. The normalized spacial score (nSPS) is 16.6. The smallest absolute Gasteiger partial charge is 0.223 e. The lowest BCUT2D eigenvalue weighted by atomic mass is 9.95. The molecule has 0 spiro atoms. The number of benzene rings is 1. The minimum absolute atomic E-state index is 0.0311. The summed E-state index contributed by atoms with van der Waals surface area (Å²) in [6.45, 7) is 1.40. The zero-order chi connectivity index (χ0) is 16.4. The van der Waals surface area contributed by atoms with E-state index in [4.69, 9.17) is 0 Å². The minimum atomic E-state index is 0.0311.